The average Bonchev–Trinajstić information content (AvgIpc) is 2.68. The van der Waals surface area contributed by atoms with E-state index in [0.717, 1.165) is 24.3 Å². The van der Waals surface area contributed by atoms with E-state index >= 15 is 0 Å². The predicted molar refractivity (Wildman–Crippen MR) is 119 cm³/mol. The van der Waals surface area contributed by atoms with Crippen molar-refractivity contribution in [2.75, 3.05) is 36.4 Å². The van der Waals surface area contributed by atoms with Crippen molar-refractivity contribution in [3.8, 4) is 0 Å². The fourth-order valence-corrected chi connectivity index (χ4v) is 3.75. The molecule has 5 nitrogen and oxygen atoms in total. The van der Waals surface area contributed by atoms with Gasteiger partial charge in [0.05, 0.1) is 11.4 Å². The van der Waals surface area contributed by atoms with Gasteiger partial charge in [0.25, 0.3) is 5.91 Å². The molecule has 6 heteroatoms. The van der Waals surface area contributed by atoms with Crippen LogP contribution in [0, 0.1) is 12.8 Å². The van der Waals surface area contributed by atoms with E-state index in [-0.39, 0.29) is 11.8 Å². The lowest BCUT2D eigenvalue weighted by Crippen LogP contribution is -2.49. The zero-order valence-electron chi connectivity index (χ0n) is 17.2. The zero-order chi connectivity index (χ0) is 21.0. The Morgan fingerprint density at radius 2 is 1.76 bits per heavy atom. The van der Waals surface area contributed by atoms with Gasteiger partial charge >= 0.3 is 0 Å². The van der Waals surface area contributed by atoms with E-state index in [2.05, 4.69) is 24.1 Å². The van der Waals surface area contributed by atoms with Crippen LogP contribution in [0.4, 0.5) is 11.4 Å². The van der Waals surface area contributed by atoms with E-state index in [1.807, 2.05) is 48.2 Å². The quantitative estimate of drug-likeness (QED) is 0.779. The largest absolute Gasteiger partial charge is 0.366 e. The maximum absolute atomic E-state index is 12.8. The fourth-order valence-electron chi connectivity index (χ4n) is 3.58. The molecule has 0 spiro atoms. The zero-order valence-corrected chi connectivity index (χ0v) is 18.0. The number of hydrogen-bond donors (Lipinski definition) is 1. The molecule has 1 N–H and O–H groups in total. The molecule has 154 valence electrons. The fraction of sp³-hybridized carbons (Fsp3) is 0.391. The lowest BCUT2D eigenvalue weighted by atomic mass is 10.1. The van der Waals surface area contributed by atoms with Gasteiger partial charge in [-0.2, -0.15) is 0 Å². The third-order valence-electron chi connectivity index (χ3n) is 5.15. The third kappa shape index (κ3) is 5.30. The summed E-state index contributed by atoms with van der Waals surface area (Å²) >= 11 is 6.21. The van der Waals surface area contributed by atoms with Gasteiger partial charge in [0, 0.05) is 43.2 Å². The molecule has 0 saturated carbocycles. The first-order valence-corrected chi connectivity index (χ1v) is 10.4. The molecule has 0 radical (unpaired) electrons. The number of halogens is 1. The number of rotatable bonds is 5. The maximum atomic E-state index is 12.8. The van der Waals surface area contributed by atoms with E-state index in [1.54, 1.807) is 6.07 Å². The van der Waals surface area contributed by atoms with Gasteiger partial charge in [0.1, 0.15) is 0 Å². The number of carbonyl (C=O) groups is 2. The molecule has 0 unspecified atom stereocenters. The second-order valence-electron chi connectivity index (χ2n) is 7.90. The van der Waals surface area contributed by atoms with Gasteiger partial charge in [0.15, 0.2) is 0 Å². The van der Waals surface area contributed by atoms with Gasteiger partial charge in [-0.1, -0.05) is 43.6 Å². The third-order valence-corrected chi connectivity index (χ3v) is 5.39. The standard InChI is InChI=1S/C23H28ClN3O2/c1-16(2)14-22(28)27-12-10-26(11-13-27)21-9-8-18(24)15-20(21)25-23(29)19-7-5-4-6-17(19)3/h4-9,15-16H,10-14H2,1-3H3,(H,25,29). The van der Waals surface area contributed by atoms with E-state index in [1.165, 1.54) is 0 Å². The highest BCUT2D eigenvalue weighted by atomic mass is 35.5. The number of hydrogen-bond acceptors (Lipinski definition) is 3. The SMILES string of the molecule is Cc1ccccc1C(=O)Nc1cc(Cl)ccc1N1CCN(C(=O)CC(C)C)CC1. The van der Waals surface area contributed by atoms with Crippen molar-refractivity contribution < 1.29 is 9.59 Å². The number of benzene rings is 2. The minimum absolute atomic E-state index is 0.155. The van der Waals surface area contributed by atoms with E-state index in [0.29, 0.717) is 41.7 Å². The van der Waals surface area contributed by atoms with Crippen molar-refractivity contribution in [2.45, 2.75) is 27.2 Å². The van der Waals surface area contributed by atoms with E-state index in [9.17, 15) is 9.59 Å². The molecule has 2 amide bonds. The summed E-state index contributed by atoms with van der Waals surface area (Å²) in [5.74, 6) is 0.418. The van der Waals surface area contributed by atoms with Gasteiger partial charge < -0.3 is 15.1 Å². The molecule has 0 aliphatic carbocycles. The molecule has 1 aliphatic heterocycles. The Hall–Kier alpha value is -2.53. The van der Waals surface area contributed by atoms with E-state index in [4.69, 9.17) is 11.6 Å². The van der Waals surface area contributed by atoms with Crippen molar-refractivity contribution in [3.63, 3.8) is 0 Å². The molecule has 1 saturated heterocycles. The highest BCUT2D eigenvalue weighted by molar-refractivity contribution is 6.31. The number of piperazine rings is 1. The number of amides is 2. The molecule has 1 heterocycles. The van der Waals surface area contributed by atoms with Crippen molar-refractivity contribution in [2.24, 2.45) is 5.92 Å². The van der Waals surface area contributed by atoms with Crippen LogP contribution in [0.15, 0.2) is 42.5 Å². The van der Waals surface area contributed by atoms with Crippen molar-refractivity contribution in [1.82, 2.24) is 4.90 Å². The Kier molecular flexibility index (Phi) is 6.80. The molecule has 3 rings (SSSR count). The van der Waals surface area contributed by atoms with E-state index < -0.39 is 0 Å². The minimum atomic E-state index is -0.155. The van der Waals surface area contributed by atoms with Crippen LogP contribution in [0.1, 0.15) is 36.2 Å². The summed E-state index contributed by atoms with van der Waals surface area (Å²) < 4.78 is 0. The summed E-state index contributed by atoms with van der Waals surface area (Å²) in [4.78, 5) is 29.3. The first-order valence-electron chi connectivity index (χ1n) is 10.0. The van der Waals surface area contributed by atoms with Crippen LogP contribution < -0.4 is 10.2 Å². The molecule has 2 aromatic carbocycles. The first kappa shape index (κ1) is 21.2. The summed E-state index contributed by atoms with van der Waals surface area (Å²) in [6.45, 7) is 8.84. The normalized spacial score (nSPS) is 14.2. The molecule has 0 bridgehead atoms. The van der Waals surface area contributed by atoms with Crippen LogP contribution in [0.5, 0.6) is 0 Å². The lowest BCUT2D eigenvalue weighted by Gasteiger charge is -2.37. The Morgan fingerprint density at radius 1 is 1.07 bits per heavy atom. The molecule has 29 heavy (non-hydrogen) atoms. The van der Waals surface area contributed by atoms with Crippen LogP contribution in [0.3, 0.4) is 0 Å². The Labute approximate surface area is 177 Å². The number of nitrogens with one attached hydrogen (secondary N) is 1. The smallest absolute Gasteiger partial charge is 0.255 e. The number of nitrogens with zero attached hydrogens (tertiary/aromatic N) is 2. The summed E-state index contributed by atoms with van der Waals surface area (Å²) in [6, 6.07) is 13.0. The molecule has 1 aliphatic rings. The Balaban J connectivity index is 1.74. The predicted octanol–water partition coefficient (Wildman–Crippen LogP) is 4.60. The van der Waals surface area contributed by atoms with Crippen LogP contribution >= 0.6 is 11.6 Å². The molecule has 0 aromatic heterocycles. The highest BCUT2D eigenvalue weighted by Crippen LogP contribution is 2.31. The Bertz CT molecular complexity index is 889. The van der Waals surface area contributed by atoms with Gasteiger partial charge in [-0.25, -0.2) is 0 Å². The number of carbonyl (C=O) groups excluding carboxylic acids is 2. The van der Waals surface area contributed by atoms with Gasteiger partial charge in [-0.3, -0.25) is 9.59 Å². The Morgan fingerprint density at radius 3 is 2.41 bits per heavy atom. The number of anilines is 2. The summed E-state index contributed by atoms with van der Waals surface area (Å²) in [7, 11) is 0. The summed E-state index contributed by atoms with van der Waals surface area (Å²) in [5.41, 5.74) is 3.17. The molecule has 2 aromatic rings. The summed E-state index contributed by atoms with van der Waals surface area (Å²) in [5, 5.41) is 3.59. The summed E-state index contributed by atoms with van der Waals surface area (Å²) in [6.07, 6.45) is 0.582. The molecule has 1 fully saturated rings. The van der Waals surface area contributed by atoms with Gasteiger partial charge in [0.2, 0.25) is 5.91 Å². The van der Waals surface area contributed by atoms with Crippen LogP contribution in [-0.2, 0) is 4.79 Å². The lowest BCUT2D eigenvalue weighted by molar-refractivity contribution is -0.132. The highest BCUT2D eigenvalue weighted by Gasteiger charge is 2.23. The van der Waals surface area contributed by atoms with Crippen molar-refractivity contribution >= 4 is 34.8 Å². The van der Waals surface area contributed by atoms with Crippen molar-refractivity contribution in [1.29, 1.82) is 0 Å². The van der Waals surface area contributed by atoms with Crippen molar-refractivity contribution in [3.05, 3.63) is 58.6 Å². The topological polar surface area (TPSA) is 52.7 Å². The van der Waals surface area contributed by atoms with Gasteiger partial charge in [-0.15, -0.1) is 0 Å². The average molecular weight is 414 g/mol. The number of aryl methyl sites for hydroxylation is 1. The van der Waals surface area contributed by atoms with Crippen LogP contribution in [0.25, 0.3) is 0 Å². The maximum Gasteiger partial charge on any atom is 0.255 e. The van der Waals surface area contributed by atoms with Gasteiger partial charge in [-0.05, 0) is 42.7 Å². The first-order chi connectivity index (χ1) is 13.8. The second kappa shape index (κ2) is 9.31. The molecule has 0 atom stereocenters. The second-order valence-corrected chi connectivity index (χ2v) is 8.33. The minimum Gasteiger partial charge on any atom is -0.366 e. The van der Waals surface area contributed by atoms with Crippen LogP contribution in [-0.4, -0.2) is 42.9 Å². The monoisotopic (exact) mass is 413 g/mol. The molecular weight excluding hydrogens is 386 g/mol. The van der Waals surface area contributed by atoms with Crippen LogP contribution in [0.2, 0.25) is 5.02 Å². The molecular formula is C23H28ClN3O2.